The molecule has 0 saturated carbocycles. The SMILES string of the molecule is CNC(C)(C#N)CN1CC(C(N)=O)CCC1C. The maximum atomic E-state index is 11.2. The molecule has 0 radical (unpaired) electrons. The molecule has 0 aromatic heterocycles. The van der Waals surface area contributed by atoms with Crippen molar-refractivity contribution in [1.82, 2.24) is 10.2 Å². The monoisotopic (exact) mass is 238 g/mol. The van der Waals surface area contributed by atoms with Crippen LogP contribution in [-0.2, 0) is 4.79 Å². The van der Waals surface area contributed by atoms with E-state index >= 15 is 0 Å². The maximum absolute atomic E-state index is 11.2. The Morgan fingerprint density at radius 1 is 1.65 bits per heavy atom. The van der Waals surface area contributed by atoms with E-state index in [2.05, 4.69) is 23.2 Å². The van der Waals surface area contributed by atoms with Crippen LogP contribution in [0.15, 0.2) is 0 Å². The molecule has 1 amide bonds. The van der Waals surface area contributed by atoms with Crippen molar-refractivity contribution in [3.05, 3.63) is 0 Å². The van der Waals surface area contributed by atoms with Crippen molar-refractivity contribution in [3.8, 4) is 6.07 Å². The van der Waals surface area contributed by atoms with Gasteiger partial charge in [0, 0.05) is 19.1 Å². The number of piperidine rings is 1. The second kappa shape index (κ2) is 5.48. The minimum Gasteiger partial charge on any atom is -0.369 e. The summed E-state index contributed by atoms with van der Waals surface area (Å²) in [5, 5.41) is 12.2. The summed E-state index contributed by atoms with van der Waals surface area (Å²) in [5.41, 5.74) is 4.78. The lowest BCUT2D eigenvalue weighted by Crippen LogP contribution is -2.55. The maximum Gasteiger partial charge on any atom is 0.221 e. The highest BCUT2D eigenvalue weighted by Gasteiger charge is 2.33. The number of carbonyl (C=O) groups excluding carboxylic acids is 1. The normalized spacial score (nSPS) is 29.3. The van der Waals surface area contributed by atoms with E-state index in [1.807, 2.05) is 6.92 Å². The standard InChI is InChI=1S/C12H22N4O/c1-9-4-5-10(11(14)17)6-16(9)8-12(2,7-13)15-3/h9-10,15H,4-6,8H2,1-3H3,(H2,14,17). The first-order valence-electron chi connectivity index (χ1n) is 6.05. The van der Waals surface area contributed by atoms with E-state index in [9.17, 15) is 4.79 Å². The van der Waals surface area contributed by atoms with Gasteiger partial charge in [-0.1, -0.05) is 0 Å². The Morgan fingerprint density at radius 2 is 2.29 bits per heavy atom. The molecule has 17 heavy (non-hydrogen) atoms. The third-order valence-electron chi connectivity index (χ3n) is 3.73. The van der Waals surface area contributed by atoms with Gasteiger partial charge in [0.2, 0.25) is 5.91 Å². The zero-order valence-corrected chi connectivity index (χ0v) is 10.9. The molecule has 1 fully saturated rings. The Kier molecular flexibility index (Phi) is 4.49. The number of likely N-dealkylation sites (tertiary alicyclic amines) is 1. The van der Waals surface area contributed by atoms with Crippen LogP contribution in [0, 0.1) is 17.2 Å². The number of amides is 1. The van der Waals surface area contributed by atoms with Crippen molar-refractivity contribution in [3.63, 3.8) is 0 Å². The Hall–Kier alpha value is -1.12. The van der Waals surface area contributed by atoms with Gasteiger partial charge in [0.05, 0.1) is 12.0 Å². The first-order valence-corrected chi connectivity index (χ1v) is 6.05. The lowest BCUT2D eigenvalue weighted by molar-refractivity contribution is -0.124. The Morgan fingerprint density at radius 3 is 2.76 bits per heavy atom. The summed E-state index contributed by atoms with van der Waals surface area (Å²) < 4.78 is 0. The third-order valence-corrected chi connectivity index (χ3v) is 3.73. The number of rotatable bonds is 4. The van der Waals surface area contributed by atoms with Gasteiger partial charge in [-0.25, -0.2) is 0 Å². The van der Waals surface area contributed by atoms with Crippen LogP contribution in [0.2, 0.25) is 0 Å². The van der Waals surface area contributed by atoms with E-state index in [1.165, 1.54) is 0 Å². The fourth-order valence-corrected chi connectivity index (χ4v) is 2.21. The fraction of sp³-hybridized carbons (Fsp3) is 0.833. The summed E-state index contributed by atoms with van der Waals surface area (Å²) in [5.74, 6) is -0.309. The third kappa shape index (κ3) is 3.42. The smallest absolute Gasteiger partial charge is 0.221 e. The molecule has 0 spiro atoms. The molecule has 5 nitrogen and oxygen atoms in total. The number of carbonyl (C=O) groups is 1. The largest absolute Gasteiger partial charge is 0.369 e. The number of hydrogen-bond acceptors (Lipinski definition) is 4. The van der Waals surface area contributed by atoms with Crippen LogP contribution in [0.5, 0.6) is 0 Å². The van der Waals surface area contributed by atoms with E-state index in [0.717, 1.165) is 12.8 Å². The summed E-state index contributed by atoms with van der Waals surface area (Å²) in [6.45, 7) is 5.28. The van der Waals surface area contributed by atoms with Gasteiger partial charge in [-0.15, -0.1) is 0 Å². The average molecular weight is 238 g/mol. The van der Waals surface area contributed by atoms with Crippen molar-refractivity contribution in [2.24, 2.45) is 11.7 Å². The molecule has 0 aromatic carbocycles. The van der Waals surface area contributed by atoms with Crippen molar-refractivity contribution < 1.29 is 4.79 Å². The van der Waals surface area contributed by atoms with Crippen LogP contribution in [0.1, 0.15) is 26.7 Å². The Balaban J connectivity index is 2.68. The van der Waals surface area contributed by atoms with E-state index in [1.54, 1.807) is 7.05 Å². The minimum atomic E-state index is -0.576. The fourth-order valence-electron chi connectivity index (χ4n) is 2.21. The summed E-state index contributed by atoms with van der Waals surface area (Å²) in [6.07, 6.45) is 1.81. The van der Waals surface area contributed by atoms with Crippen LogP contribution in [-0.4, -0.2) is 42.5 Å². The summed E-state index contributed by atoms with van der Waals surface area (Å²) >= 11 is 0. The van der Waals surface area contributed by atoms with Gasteiger partial charge in [-0.05, 0) is 33.7 Å². The molecule has 1 rings (SSSR count). The molecule has 3 N–H and O–H groups in total. The molecule has 0 aromatic rings. The van der Waals surface area contributed by atoms with Gasteiger partial charge in [0.1, 0.15) is 5.54 Å². The molecule has 1 aliphatic rings. The predicted molar refractivity (Wildman–Crippen MR) is 66.0 cm³/mol. The molecule has 5 heteroatoms. The van der Waals surface area contributed by atoms with Gasteiger partial charge < -0.3 is 11.1 Å². The molecule has 1 saturated heterocycles. The number of likely N-dealkylation sites (N-methyl/N-ethyl adjacent to an activating group) is 1. The van der Waals surface area contributed by atoms with Crippen molar-refractivity contribution in [2.45, 2.75) is 38.3 Å². The highest BCUT2D eigenvalue weighted by molar-refractivity contribution is 5.76. The van der Waals surface area contributed by atoms with Gasteiger partial charge >= 0.3 is 0 Å². The quantitative estimate of drug-likeness (QED) is 0.726. The van der Waals surface area contributed by atoms with Gasteiger partial charge in [-0.3, -0.25) is 9.69 Å². The molecule has 96 valence electrons. The topological polar surface area (TPSA) is 82.2 Å². The van der Waals surface area contributed by atoms with Crippen molar-refractivity contribution in [1.29, 1.82) is 5.26 Å². The molecular weight excluding hydrogens is 216 g/mol. The molecule has 1 aliphatic heterocycles. The van der Waals surface area contributed by atoms with E-state index < -0.39 is 5.54 Å². The predicted octanol–water partition coefficient (Wildman–Crippen LogP) is 0.0739. The van der Waals surface area contributed by atoms with Crippen LogP contribution in [0.4, 0.5) is 0 Å². The zero-order valence-electron chi connectivity index (χ0n) is 10.9. The van der Waals surface area contributed by atoms with Crippen LogP contribution in [0.25, 0.3) is 0 Å². The second-order valence-electron chi connectivity index (χ2n) is 5.15. The van der Waals surface area contributed by atoms with Gasteiger partial charge in [0.25, 0.3) is 0 Å². The number of nitrogens with zero attached hydrogens (tertiary/aromatic N) is 2. The van der Waals surface area contributed by atoms with E-state index in [0.29, 0.717) is 19.1 Å². The molecule has 0 aliphatic carbocycles. The number of hydrogen-bond donors (Lipinski definition) is 2. The number of nitriles is 1. The Labute approximate surface area is 103 Å². The highest BCUT2D eigenvalue weighted by Crippen LogP contribution is 2.23. The van der Waals surface area contributed by atoms with Crippen LogP contribution >= 0.6 is 0 Å². The number of primary amides is 1. The van der Waals surface area contributed by atoms with Crippen LogP contribution in [0.3, 0.4) is 0 Å². The first kappa shape index (κ1) is 13.9. The van der Waals surface area contributed by atoms with Gasteiger partial charge in [-0.2, -0.15) is 5.26 Å². The molecule has 1 heterocycles. The number of nitrogens with one attached hydrogen (secondary N) is 1. The minimum absolute atomic E-state index is 0.0778. The molecule has 3 unspecified atom stereocenters. The van der Waals surface area contributed by atoms with Gasteiger partial charge in [0.15, 0.2) is 0 Å². The first-order chi connectivity index (χ1) is 7.91. The van der Waals surface area contributed by atoms with Crippen LogP contribution < -0.4 is 11.1 Å². The highest BCUT2D eigenvalue weighted by atomic mass is 16.1. The van der Waals surface area contributed by atoms with E-state index in [-0.39, 0.29) is 11.8 Å². The summed E-state index contributed by atoms with van der Waals surface area (Å²) in [4.78, 5) is 13.4. The lowest BCUT2D eigenvalue weighted by Gasteiger charge is -2.40. The average Bonchev–Trinajstić information content (AvgIpc) is 2.31. The molecular formula is C12H22N4O. The van der Waals surface area contributed by atoms with Crippen molar-refractivity contribution >= 4 is 5.91 Å². The molecule has 0 bridgehead atoms. The second-order valence-corrected chi connectivity index (χ2v) is 5.15. The number of nitrogens with two attached hydrogens (primary N) is 1. The zero-order chi connectivity index (χ0) is 13.1. The Bertz CT molecular complexity index is 325. The molecule has 3 atom stereocenters. The van der Waals surface area contributed by atoms with E-state index in [4.69, 9.17) is 11.0 Å². The van der Waals surface area contributed by atoms with Crippen molar-refractivity contribution in [2.75, 3.05) is 20.1 Å². The summed E-state index contributed by atoms with van der Waals surface area (Å²) in [6, 6.07) is 2.67. The summed E-state index contributed by atoms with van der Waals surface area (Å²) in [7, 11) is 1.78. The lowest BCUT2D eigenvalue weighted by atomic mass is 9.91.